The lowest BCUT2D eigenvalue weighted by molar-refractivity contribution is -0.127. The number of aliphatic imine (C=N–C) groups is 1. The quantitative estimate of drug-likeness (QED) is 0.886. The maximum atomic E-state index is 12.9. The summed E-state index contributed by atoms with van der Waals surface area (Å²) in [7, 11) is 1.70. The van der Waals surface area contributed by atoms with Crippen LogP contribution in [0.5, 0.6) is 0 Å². The van der Waals surface area contributed by atoms with Crippen molar-refractivity contribution in [1.29, 1.82) is 0 Å². The molecule has 2 aromatic rings. The monoisotopic (exact) mass is 364 g/mol. The van der Waals surface area contributed by atoms with E-state index < -0.39 is 6.17 Å². The lowest BCUT2D eigenvalue weighted by Crippen LogP contribution is -2.46. The normalized spacial score (nSPS) is 16.6. The van der Waals surface area contributed by atoms with Gasteiger partial charge in [-0.05, 0) is 30.5 Å². The van der Waals surface area contributed by atoms with Crippen molar-refractivity contribution in [2.75, 3.05) is 11.9 Å². The van der Waals surface area contributed by atoms with Crippen LogP contribution in [0.4, 0.5) is 5.69 Å². The first kappa shape index (κ1) is 18.8. The van der Waals surface area contributed by atoms with Gasteiger partial charge in [-0.2, -0.15) is 0 Å². The molecule has 0 saturated heterocycles. The first-order valence-corrected chi connectivity index (χ1v) is 9.13. The van der Waals surface area contributed by atoms with Crippen LogP contribution in [-0.4, -0.2) is 35.7 Å². The van der Waals surface area contributed by atoms with Crippen molar-refractivity contribution in [2.24, 2.45) is 10.9 Å². The number of hydrogen-bond donors (Lipinski definition) is 1. The van der Waals surface area contributed by atoms with Gasteiger partial charge in [0.1, 0.15) is 0 Å². The molecular formula is C21H24N4O2. The van der Waals surface area contributed by atoms with E-state index in [4.69, 9.17) is 0 Å². The minimum atomic E-state index is -0.973. The van der Waals surface area contributed by atoms with Gasteiger partial charge < -0.3 is 10.2 Å². The Morgan fingerprint density at radius 2 is 1.93 bits per heavy atom. The van der Waals surface area contributed by atoms with Crippen molar-refractivity contribution in [3.05, 3.63) is 59.9 Å². The highest BCUT2D eigenvalue weighted by molar-refractivity contribution is 6.19. The number of rotatable bonds is 5. The number of likely N-dealkylation sites (N-methyl/N-ethyl adjacent to an activating group) is 1. The van der Waals surface area contributed by atoms with E-state index in [9.17, 15) is 9.59 Å². The Labute approximate surface area is 159 Å². The van der Waals surface area contributed by atoms with Gasteiger partial charge in [-0.3, -0.25) is 14.6 Å². The third-order valence-corrected chi connectivity index (χ3v) is 4.50. The van der Waals surface area contributed by atoms with Crippen LogP contribution < -0.4 is 10.2 Å². The fraction of sp³-hybridized carbons (Fsp3) is 0.333. The van der Waals surface area contributed by atoms with E-state index in [-0.39, 0.29) is 11.8 Å². The number of nitrogens with zero attached hydrogens (tertiary/aromatic N) is 3. The molecule has 3 rings (SSSR count). The molecule has 1 N–H and O–H groups in total. The van der Waals surface area contributed by atoms with Gasteiger partial charge in [-0.1, -0.05) is 38.1 Å². The van der Waals surface area contributed by atoms with Crippen molar-refractivity contribution in [1.82, 2.24) is 10.3 Å². The highest BCUT2D eigenvalue weighted by Crippen LogP contribution is 2.26. The van der Waals surface area contributed by atoms with Gasteiger partial charge in [0.2, 0.25) is 12.1 Å². The molecule has 0 saturated carbocycles. The Balaban J connectivity index is 2.00. The summed E-state index contributed by atoms with van der Waals surface area (Å²) in [6.07, 6.45) is 1.85. The van der Waals surface area contributed by atoms with Gasteiger partial charge in [0, 0.05) is 25.2 Å². The molecule has 1 aromatic carbocycles. The smallest absolute Gasteiger partial charge is 0.272 e. The van der Waals surface area contributed by atoms with Gasteiger partial charge in [0.05, 0.1) is 17.1 Å². The molecule has 2 amide bonds. The van der Waals surface area contributed by atoms with E-state index in [0.717, 1.165) is 17.7 Å². The van der Waals surface area contributed by atoms with Crippen molar-refractivity contribution in [3.63, 3.8) is 0 Å². The van der Waals surface area contributed by atoms with E-state index in [2.05, 4.69) is 29.1 Å². The van der Waals surface area contributed by atoms with Gasteiger partial charge in [-0.25, -0.2) is 4.99 Å². The van der Waals surface area contributed by atoms with Crippen LogP contribution in [0.3, 0.4) is 0 Å². The van der Waals surface area contributed by atoms with E-state index in [0.29, 0.717) is 23.7 Å². The second-order valence-corrected chi connectivity index (χ2v) is 7.01. The molecule has 0 radical (unpaired) electrons. The van der Waals surface area contributed by atoms with Gasteiger partial charge in [0.15, 0.2) is 0 Å². The molecule has 1 aliphatic heterocycles. The van der Waals surface area contributed by atoms with Gasteiger partial charge in [0.25, 0.3) is 5.91 Å². The van der Waals surface area contributed by atoms with Gasteiger partial charge >= 0.3 is 0 Å². The molecular weight excluding hydrogens is 340 g/mol. The van der Waals surface area contributed by atoms with Crippen LogP contribution in [0.2, 0.25) is 0 Å². The third kappa shape index (κ3) is 4.22. The Morgan fingerprint density at radius 3 is 2.63 bits per heavy atom. The zero-order valence-electron chi connectivity index (χ0n) is 15.8. The summed E-state index contributed by atoms with van der Waals surface area (Å²) in [5.41, 5.74) is 2.81. The molecule has 27 heavy (non-hydrogen) atoms. The standard InChI is InChI=1S/C21H24N4O2/c1-14(2)11-12-18(26)23-20-21(27)25(3)17-10-5-4-8-15(17)19(24-20)16-9-6-7-13-22-16/h4-10,13-14,20H,11-12H2,1-3H3,(H,23,26). The molecule has 0 spiro atoms. The molecule has 6 heteroatoms. The number of pyridine rings is 1. The number of carbonyl (C=O) groups is 2. The van der Waals surface area contributed by atoms with Gasteiger partial charge in [-0.15, -0.1) is 0 Å². The Kier molecular flexibility index (Phi) is 5.64. The van der Waals surface area contributed by atoms with E-state index >= 15 is 0 Å². The van der Waals surface area contributed by atoms with Crippen LogP contribution >= 0.6 is 0 Å². The molecule has 2 heterocycles. The fourth-order valence-electron chi connectivity index (χ4n) is 2.97. The third-order valence-electron chi connectivity index (χ3n) is 4.50. The number of amides is 2. The average Bonchev–Trinajstić information content (AvgIpc) is 2.78. The Bertz CT molecular complexity index is 861. The summed E-state index contributed by atoms with van der Waals surface area (Å²) in [4.78, 5) is 35.8. The van der Waals surface area contributed by atoms with Crippen LogP contribution in [-0.2, 0) is 9.59 Å². The molecule has 1 aliphatic rings. The lowest BCUT2D eigenvalue weighted by Gasteiger charge is -2.21. The zero-order valence-corrected chi connectivity index (χ0v) is 15.8. The second-order valence-electron chi connectivity index (χ2n) is 7.01. The first-order valence-electron chi connectivity index (χ1n) is 9.13. The minimum absolute atomic E-state index is 0.175. The predicted molar refractivity (Wildman–Crippen MR) is 106 cm³/mol. The Morgan fingerprint density at radius 1 is 1.19 bits per heavy atom. The topological polar surface area (TPSA) is 74.7 Å². The van der Waals surface area contributed by atoms with Crippen molar-refractivity contribution in [3.8, 4) is 0 Å². The predicted octanol–water partition coefficient (Wildman–Crippen LogP) is 2.77. The molecule has 0 bridgehead atoms. The zero-order chi connectivity index (χ0) is 19.4. The van der Waals surface area contributed by atoms with Crippen LogP contribution in [0.25, 0.3) is 0 Å². The maximum Gasteiger partial charge on any atom is 0.272 e. The number of hydrogen-bond acceptors (Lipinski definition) is 4. The first-order chi connectivity index (χ1) is 13.0. The van der Waals surface area contributed by atoms with E-state index in [1.807, 2.05) is 42.5 Å². The second kappa shape index (κ2) is 8.12. The minimum Gasteiger partial charge on any atom is -0.327 e. The summed E-state index contributed by atoms with van der Waals surface area (Å²) in [6.45, 7) is 4.12. The van der Waals surface area contributed by atoms with Crippen molar-refractivity contribution in [2.45, 2.75) is 32.9 Å². The molecule has 0 fully saturated rings. The molecule has 1 aromatic heterocycles. The number of nitrogens with one attached hydrogen (secondary N) is 1. The summed E-state index contributed by atoms with van der Waals surface area (Å²) in [6, 6.07) is 13.1. The Hall–Kier alpha value is -3.02. The van der Waals surface area contributed by atoms with Crippen molar-refractivity contribution >= 4 is 23.2 Å². The molecule has 140 valence electrons. The van der Waals surface area contributed by atoms with E-state index in [1.165, 1.54) is 0 Å². The number of para-hydroxylation sites is 1. The maximum absolute atomic E-state index is 12.9. The van der Waals surface area contributed by atoms with E-state index in [1.54, 1.807) is 18.1 Å². The number of benzodiazepines with no additional fused rings is 1. The number of aromatic nitrogens is 1. The van der Waals surface area contributed by atoms with Crippen LogP contribution in [0, 0.1) is 5.92 Å². The SMILES string of the molecule is CC(C)CCC(=O)NC1N=C(c2ccccn2)c2ccccc2N(C)C1=O. The fourth-order valence-corrected chi connectivity index (χ4v) is 2.97. The number of anilines is 1. The lowest BCUT2D eigenvalue weighted by atomic mass is 10.0. The molecule has 6 nitrogen and oxygen atoms in total. The number of benzene rings is 1. The molecule has 1 atom stereocenters. The summed E-state index contributed by atoms with van der Waals surface area (Å²) in [5.74, 6) is -0.0306. The number of carbonyl (C=O) groups excluding carboxylic acids is 2. The molecule has 0 aliphatic carbocycles. The molecule has 1 unspecified atom stereocenters. The highest BCUT2D eigenvalue weighted by Gasteiger charge is 2.31. The summed E-state index contributed by atoms with van der Waals surface area (Å²) >= 11 is 0. The van der Waals surface area contributed by atoms with Crippen LogP contribution in [0.1, 0.15) is 37.9 Å². The number of fused-ring (bicyclic) bond motifs is 1. The van der Waals surface area contributed by atoms with Crippen LogP contribution in [0.15, 0.2) is 53.7 Å². The average molecular weight is 364 g/mol. The largest absolute Gasteiger partial charge is 0.327 e. The van der Waals surface area contributed by atoms with Crippen molar-refractivity contribution < 1.29 is 9.59 Å². The summed E-state index contributed by atoms with van der Waals surface area (Å²) in [5, 5.41) is 2.78. The summed E-state index contributed by atoms with van der Waals surface area (Å²) < 4.78 is 0. The highest BCUT2D eigenvalue weighted by atomic mass is 16.2.